The molecule has 1 aromatic carbocycles. The third-order valence-corrected chi connectivity index (χ3v) is 2.79. The Morgan fingerprint density at radius 1 is 1.44 bits per heavy atom. The van der Waals surface area contributed by atoms with Crippen LogP contribution in [0.3, 0.4) is 0 Å². The molecular formula is C13H19BrN2O2. The Labute approximate surface area is 116 Å². The zero-order chi connectivity index (χ0) is 13.8. The number of amides is 1. The van der Waals surface area contributed by atoms with E-state index in [4.69, 9.17) is 10.5 Å². The minimum absolute atomic E-state index is 0.465. The van der Waals surface area contributed by atoms with Gasteiger partial charge in [-0.05, 0) is 67.4 Å². The van der Waals surface area contributed by atoms with Gasteiger partial charge >= 0.3 is 6.09 Å². The molecule has 0 atom stereocenters. The Balaban J connectivity index is 2.77. The fourth-order valence-corrected chi connectivity index (χ4v) is 1.75. The number of nitrogens with one attached hydrogen (secondary N) is 1. The van der Waals surface area contributed by atoms with Crippen molar-refractivity contribution in [3.8, 4) is 0 Å². The Morgan fingerprint density at radius 3 is 2.67 bits per heavy atom. The van der Waals surface area contributed by atoms with Crippen LogP contribution in [0, 0.1) is 0 Å². The van der Waals surface area contributed by atoms with Gasteiger partial charge in [-0.2, -0.15) is 0 Å². The quantitative estimate of drug-likeness (QED) is 0.899. The van der Waals surface area contributed by atoms with Gasteiger partial charge in [0.2, 0.25) is 0 Å². The summed E-state index contributed by atoms with van der Waals surface area (Å²) in [4.78, 5) is 11.7. The van der Waals surface area contributed by atoms with Crippen molar-refractivity contribution < 1.29 is 9.53 Å². The normalized spacial score (nSPS) is 11.2. The summed E-state index contributed by atoms with van der Waals surface area (Å²) < 4.78 is 6.01. The van der Waals surface area contributed by atoms with Gasteiger partial charge in [0.1, 0.15) is 5.60 Å². The number of ether oxygens (including phenoxy) is 1. The van der Waals surface area contributed by atoms with Crippen LogP contribution < -0.4 is 11.1 Å². The molecule has 1 rings (SSSR count). The molecule has 0 heterocycles. The van der Waals surface area contributed by atoms with Crippen LogP contribution in [0.1, 0.15) is 26.3 Å². The van der Waals surface area contributed by atoms with Gasteiger partial charge in [-0.15, -0.1) is 0 Å². The molecule has 18 heavy (non-hydrogen) atoms. The number of carbonyl (C=O) groups is 1. The van der Waals surface area contributed by atoms with E-state index in [-0.39, 0.29) is 0 Å². The van der Waals surface area contributed by atoms with E-state index in [0.29, 0.717) is 12.2 Å². The summed E-state index contributed by atoms with van der Waals surface area (Å²) in [6.07, 6.45) is 0.309. The van der Waals surface area contributed by atoms with Crippen molar-refractivity contribution in [1.82, 2.24) is 0 Å². The average molecular weight is 315 g/mol. The number of nitrogens with two attached hydrogens (primary N) is 1. The molecular weight excluding hydrogens is 296 g/mol. The molecule has 0 spiro atoms. The van der Waals surface area contributed by atoms with Crippen LogP contribution in [0.5, 0.6) is 0 Å². The first-order chi connectivity index (χ1) is 8.31. The second kappa shape index (κ2) is 6.20. The molecule has 0 saturated heterocycles. The molecule has 0 fully saturated rings. The van der Waals surface area contributed by atoms with Gasteiger partial charge < -0.3 is 10.5 Å². The van der Waals surface area contributed by atoms with Crippen molar-refractivity contribution in [1.29, 1.82) is 0 Å². The average Bonchev–Trinajstić information content (AvgIpc) is 2.20. The largest absolute Gasteiger partial charge is 0.444 e. The number of halogens is 1. The Hall–Kier alpha value is -1.07. The smallest absolute Gasteiger partial charge is 0.412 e. The van der Waals surface area contributed by atoms with E-state index < -0.39 is 11.7 Å². The van der Waals surface area contributed by atoms with E-state index in [9.17, 15) is 4.79 Å². The molecule has 1 aromatic rings. The lowest BCUT2D eigenvalue weighted by Gasteiger charge is -2.20. The van der Waals surface area contributed by atoms with Gasteiger partial charge in [0.15, 0.2) is 0 Å². The summed E-state index contributed by atoms with van der Waals surface area (Å²) in [6, 6.07) is 5.75. The molecule has 0 bridgehead atoms. The first kappa shape index (κ1) is 15.0. The molecule has 1 amide bonds. The fraction of sp³-hybridized carbons (Fsp3) is 0.462. The van der Waals surface area contributed by atoms with Crippen LogP contribution >= 0.6 is 15.9 Å². The highest BCUT2D eigenvalue weighted by Gasteiger charge is 2.17. The molecule has 5 heteroatoms. The van der Waals surface area contributed by atoms with Crippen LogP contribution in [0.2, 0.25) is 0 Å². The van der Waals surface area contributed by atoms with Crippen LogP contribution in [0.15, 0.2) is 22.7 Å². The maximum absolute atomic E-state index is 11.7. The monoisotopic (exact) mass is 314 g/mol. The summed E-state index contributed by atoms with van der Waals surface area (Å²) in [5.74, 6) is 0. The predicted molar refractivity (Wildman–Crippen MR) is 76.8 cm³/mol. The second-order valence-corrected chi connectivity index (χ2v) is 5.83. The summed E-state index contributed by atoms with van der Waals surface area (Å²) in [5, 5.41) is 2.72. The molecule has 0 saturated carbocycles. The van der Waals surface area contributed by atoms with Gasteiger partial charge in [0, 0.05) is 4.47 Å². The van der Waals surface area contributed by atoms with Crippen LogP contribution in [-0.4, -0.2) is 18.2 Å². The lowest BCUT2D eigenvalue weighted by molar-refractivity contribution is 0.0636. The Morgan fingerprint density at radius 2 is 2.11 bits per heavy atom. The first-order valence-corrected chi connectivity index (χ1v) is 6.59. The zero-order valence-electron chi connectivity index (χ0n) is 10.9. The van der Waals surface area contributed by atoms with E-state index in [1.807, 2.05) is 39.0 Å². The topological polar surface area (TPSA) is 64.3 Å². The van der Waals surface area contributed by atoms with Crippen molar-refractivity contribution in [3.63, 3.8) is 0 Å². The molecule has 100 valence electrons. The number of anilines is 1. The van der Waals surface area contributed by atoms with Crippen molar-refractivity contribution in [3.05, 3.63) is 28.2 Å². The maximum Gasteiger partial charge on any atom is 0.412 e. The van der Waals surface area contributed by atoms with Crippen molar-refractivity contribution >= 4 is 27.7 Å². The molecule has 0 radical (unpaired) electrons. The molecule has 0 unspecified atom stereocenters. The molecule has 3 N–H and O–H groups in total. The van der Waals surface area contributed by atoms with E-state index >= 15 is 0 Å². The summed E-state index contributed by atoms with van der Waals surface area (Å²) >= 11 is 3.39. The minimum atomic E-state index is -0.509. The molecule has 0 aromatic heterocycles. The second-order valence-electron chi connectivity index (χ2n) is 4.98. The summed E-state index contributed by atoms with van der Waals surface area (Å²) in [6.45, 7) is 6.05. The first-order valence-electron chi connectivity index (χ1n) is 5.80. The zero-order valence-corrected chi connectivity index (χ0v) is 12.5. The van der Waals surface area contributed by atoms with E-state index in [0.717, 1.165) is 16.5 Å². The van der Waals surface area contributed by atoms with Crippen LogP contribution in [0.25, 0.3) is 0 Å². The van der Waals surface area contributed by atoms with Crippen molar-refractivity contribution in [2.75, 3.05) is 11.9 Å². The standard InChI is InChI=1S/C13H19BrN2O2/c1-13(2,3)18-12(17)16-11-8-9(6-7-15)4-5-10(11)14/h4-5,8H,6-7,15H2,1-3H3,(H,16,17). The van der Waals surface area contributed by atoms with Gasteiger partial charge in [-0.3, -0.25) is 5.32 Å². The minimum Gasteiger partial charge on any atom is -0.444 e. The van der Waals surface area contributed by atoms with Crippen LogP contribution in [0.4, 0.5) is 10.5 Å². The number of rotatable bonds is 3. The summed E-state index contributed by atoms with van der Waals surface area (Å²) in [5.41, 5.74) is 6.77. The highest BCUT2D eigenvalue weighted by Crippen LogP contribution is 2.24. The third kappa shape index (κ3) is 5.06. The molecule has 4 nitrogen and oxygen atoms in total. The number of benzene rings is 1. The lowest BCUT2D eigenvalue weighted by Crippen LogP contribution is -2.27. The highest BCUT2D eigenvalue weighted by molar-refractivity contribution is 9.10. The van der Waals surface area contributed by atoms with Crippen LogP contribution in [-0.2, 0) is 11.2 Å². The molecule has 0 aliphatic rings. The van der Waals surface area contributed by atoms with Gasteiger partial charge in [-0.25, -0.2) is 4.79 Å². The molecule has 0 aliphatic carbocycles. The Kier molecular flexibility index (Phi) is 5.16. The molecule has 0 aliphatic heterocycles. The summed E-state index contributed by atoms with van der Waals surface area (Å²) in [7, 11) is 0. The maximum atomic E-state index is 11.7. The van der Waals surface area contributed by atoms with E-state index in [1.165, 1.54) is 0 Å². The van der Waals surface area contributed by atoms with E-state index in [2.05, 4.69) is 21.2 Å². The van der Waals surface area contributed by atoms with E-state index in [1.54, 1.807) is 0 Å². The van der Waals surface area contributed by atoms with Gasteiger partial charge in [0.05, 0.1) is 5.69 Å². The number of carbonyl (C=O) groups excluding carboxylic acids is 1. The van der Waals surface area contributed by atoms with Gasteiger partial charge in [-0.1, -0.05) is 6.07 Å². The Bertz CT molecular complexity index is 427. The fourth-order valence-electron chi connectivity index (χ4n) is 1.40. The van der Waals surface area contributed by atoms with Crippen molar-refractivity contribution in [2.45, 2.75) is 32.8 Å². The number of hydrogen-bond donors (Lipinski definition) is 2. The predicted octanol–water partition coefficient (Wildman–Crippen LogP) is 3.30. The highest BCUT2D eigenvalue weighted by atomic mass is 79.9. The van der Waals surface area contributed by atoms with Crippen molar-refractivity contribution in [2.24, 2.45) is 5.73 Å². The number of hydrogen-bond acceptors (Lipinski definition) is 3. The third-order valence-electron chi connectivity index (χ3n) is 2.10. The SMILES string of the molecule is CC(C)(C)OC(=O)Nc1cc(CCN)ccc1Br. The van der Waals surface area contributed by atoms with Gasteiger partial charge in [0.25, 0.3) is 0 Å². The lowest BCUT2D eigenvalue weighted by atomic mass is 10.1.